The van der Waals surface area contributed by atoms with Gasteiger partial charge in [-0.2, -0.15) is 0 Å². The van der Waals surface area contributed by atoms with Crippen LogP contribution in [0.15, 0.2) is 53.4 Å². The number of fused-ring (bicyclic) bond motifs is 1. The number of amides is 1. The third-order valence-corrected chi connectivity index (χ3v) is 8.50. The second-order valence-corrected chi connectivity index (χ2v) is 10.5. The minimum Gasteiger partial charge on any atom is -0.465 e. The van der Waals surface area contributed by atoms with E-state index in [-0.39, 0.29) is 10.5 Å². The smallest absolute Gasteiger partial charge is 0.341 e. The molecule has 2 aromatic carbocycles. The van der Waals surface area contributed by atoms with Crippen LogP contribution in [0.25, 0.3) is 0 Å². The molecule has 0 radical (unpaired) electrons. The Labute approximate surface area is 190 Å². The van der Waals surface area contributed by atoms with Gasteiger partial charge in [0.25, 0.3) is 15.9 Å². The number of carbonyl (C=O) groups excluding carboxylic acids is 2. The lowest BCUT2D eigenvalue weighted by atomic mass is 10.1. The molecule has 0 unspecified atom stereocenters. The molecular weight excluding hydrogens is 448 g/mol. The van der Waals surface area contributed by atoms with Crippen molar-refractivity contribution in [1.82, 2.24) is 0 Å². The number of aryl methyl sites for hydroxylation is 1. The monoisotopic (exact) mass is 470 g/mol. The van der Waals surface area contributed by atoms with Crippen LogP contribution in [-0.2, 0) is 21.2 Å². The number of sulfonamides is 1. The fraction of sp³-hybridized carbons (Fsp3) is 0.217. The summed E-state index contributed by atoms with van der Waals surface area (Å²) in [5.41, 5.74) is 3.05. The van der Waals surface area contributed by atoms with Crippen LogP contribution < -0.4 is 9.62 Å². The number of carbonyl (C=O) groups is 2. The predicted octanol–water partition coefficient (Wildman–Crippen LogP) is 4.16. The number of nitrogens with zero attached hydrogens (tertiary/aromatic N) is 1. The Morgan fingerprint density at radius 2 is 1.75 bits per heavy atom. The standard InChI is InChI=1S/C23H22N2O5S2/c1-14-15(2)31-22(20(14)23(27)30-3)24-21(26)17-8-10-18(11-9-17)32(28,29)25-13-12-16-6-4-5-7-19(16)25/h4-11H,12-13H2,1-3H3,(H,24,26). The van der Waals surface area contributed by atoms with Crippen molar-refractivity contribution < 1.29 is 22.7 Å². The molecule has 3 aromatic rings. The Morgan fingerprint density at radius 1 is 1.06 bits per heavy atom. The summed E-state index contributed by atoms with van der Waals surface area (Å²) < 4.78 is 32.5. The number of esters is 1. The Kier molecular flexibility index (Phi) is 5.79. The van der Waals surface area contributed by atoms with Crippen molar-refractivity contribution in [1.29, 1.82) is 0 Å². The molecule has 1 aliphatic heterocycles. The summed E-state index contributed by atoms with van der Waals surface area (Å²) in [6.07, 6.45) is 0.665. The van der Waals surface area contributed by atoms with Gasteiger partial charge in [-0.3, -0.25) is 9.10 Å². The molecular formula is C23H22N2O5S2. The van der Waals surface area contributed by atoms with Crippen molar-refractivity contribution in [2.45, 2.75) is 25.2 Å². The molecule has 0 saturated carbocycles. The normalized spacial score (nSPS) is 13.0. The van der Waals surface area contributed by atoms with Gasteiger partial charge in [0.15, 0.2) is 0 Å². The summed E-state index contributed by atoms with van der Waals surface area (Å²) in [4.78, 5) is 25.9. The highest BCUT2D eigenvalue weighted by atomic mass is 32.2. The number of methoxy groups -OCH3 is 1. The highest BCUT2D eigenvalue weighted by Gasteiger charge is 2.30. The molecule has 0 bridgehead atoms. The lowest BCUT2D eigenvalue weighted by molar-refractivity contribution is 0.0601. The van der Waals surface area contributed by atoms with Crippen LogP contribution in [0.3, 0.4) is 0 Å². The quantitative estimate of drug-likeness (QED) is 0.566. The highest BCUT2D eigenvalue weighted by molar-refractivity contribution is 7.92. The number of thiophene rings is 1. The number of ether oxygens (including phenoxy) is 1. The third-order valence-electron chi connectivity index (χ3n) is 5.55. The van der Waals surface area contributed by atoms with Crippen molar-refractivity contribution in [3.05, 3.63) is 75.7 Å². The maximum Gasteiger partial charge on any atom is 0.341 e. The fourth-order valence-electron chi connectivity index (χ4n) is 3.70. The molecule has 7 nitrogen and oxygen atoms in total. The van der Waals surface area contributed by atoms with Gasteiger partial charge in [0, 0.05) is 17.0 Å². The summed E-state index contributed by atoms with van der Waals surface area (Å²) in [6, 6.07) is 13.2. The topological polar surface area (TPSA) is 92.8 Å². The molecule has 2 heterocycles. The number of rotatable bonds is 5. The van der Waals surface area contributed by atoms with Crippen LogP contribution in [-0.4, -0.2) is 33.9 Å². The van der Waals surface area contributed by atoms with E-state index < -0.39 is 21.9 Å². The third kappa shape index (κ3) is 3.78. The first-order valence-corrected chi connectivity index (χ1v) is 12.2. The summed E-state index contributed by atoms with van der Waals surface area (Å²) in [7, 11) is -2.44. The van der Waals surface area contributed by atoms with Crippen LogP contribution in [0, 0.1) is 13.8 Å². The van der Waals surface area contributed by atoms with Gasteiger partial charge in [0.1, 0.15) is 5.00 Å². The largest absolute Gasteiger partial charge is 0.465 e. The molecule has 1 aliphatic rings. The van der Waals surface area contributed by atoms with E-state index in [1.165, 1.54) is 47.0 Å². The Balaban J connectivity index is 1.57. The number of anilines is 2. The van der Waals surface area contributed by atoms with Gasteiger partial charge in [0.2, 0.25) is 0 Å². The van der Waals surface area contributed by atoms with Crippen LogP contribution in [0.5, 0.6) is 0 Å². The maximum atomic E-state index is 13.1. The van der Waals surface area contributed by atoms with E-state index in [4.69, 9.17) is 4.74 Å². The number of para-hydroxylation sites is 1. The van der Waals surface area contributed by atoms with E-state index in [9.17, 15) is 18.0 Å². The summed E-state index contributed by atoms with van der Waals surface area (Å²) >= 11 is 1.29. The molecule has 0 spiro atoms. The van der Waals surface area contributed by atoms with E-state index in [0.717, 1.165) is 16.0 Å². The van der Waals surface area contributed by atoms with Crippen molar-refractivity contribution in [3.8, 4) is 0 Å². The second kappa shape index (κ2) is 8.40. The van der Waals surface area contributed by atoms with Gasteiger partial charge < -0.3 is 10.1 Å². The molecule has 0 aliphatic carbocycles. The minimum absolute atomic E-state index is 0.115. The van der Waals surface area contributed by atoms with E-state index in [2.05, 4.69) is 5.32 Å². The van der Waals surface area contributed by atoms with Gasteiger partial charge >= 0.3 is 5.97 Å². The fourth-order valence-corrected chi connectivity index (χ4v) is 6.25. The van der Waals surface area contributed by atoms with Crippen LogP contribution in [0.1, 0.15) is 36.7 Å². The van der Waals surface area contributed by atoms with Gasteiger partial charge in [0.05, 0.1) is 23.3 Å². The zero-order valence-corrected chi connectivity index (χ0v) is 19.5. The van der Waals surface area contributed by atoms with E-state index >= 15 is 0 Å². The molecule has 1 amide bonds. The van der Waals surface area contributed by atoms with Crippen LogP contribution >= 0.6 is 11.3 Å². The van der Waals surface area contributed by atoms with E-state index in [1.54, 1.807) is 13.0 Å². The SMILES string of the molecule is COC(=O)c1c(NC(=O)c2ccc(S(=O)(=O)N3CCc4ccccc43)cc2)sc(C)c1C. The first-order valence-electron chi connectivity index (χ1n) is 9.94. The summed E-state index contributed by atoms with van der Waals surface area (Å²) in [5.74, 6) is -0.957. The summed E-state index contributed by atoms with van der Waals surface area (Å²) in [6.45, 7) is 4.04. The number of benzene rings is 2. The Morgan fingerprint density at radius 3 is 2.44 bits per heavy atom. The highest BCUT2D eigenvalue weighted by Crippen LogP contribution is 2.34. The van der Waals surface area contributed by atoms with Gasteiger partial charge in [-0.05, 0) is 61.7 Å². The van der Waals surface area contributed by atoms with E-state index in [1.807, 2.05) is 25.1 Å². The lowest BCUT2D eigenvalue weighted by Crippen LogP contribution is -2.29. The van der Waals surface area contributed by atoms with Crippen LogP contribution in [0.2, 0.25) is 0 Å². The molecule has 9 heteroatoms. The second-order valence-electron chi connectivity index (χ2n) is 7.41. The molecule has 4 rings (SSSR count). The zero-order valence-electron chi connectivity index (χ0n) is 17.8. The lowest BCUT2D eigenvalue weighted by Gasteiger charge is -2.19. The molecule has 32 heavy (non-hydrogen) atoms. The molecule has 1 N–H and O–H groups in total. The molecule has 0 atom stereocenters. The molecule has 1 aromatic heterocycles. The first kappa shape index (κ1) is 22.0. The Bertz CT molecular complexity index is 1310. The summed E-state index contributed by atoms with van der Waals surface area (Å²) in [5, 5.41) is 3.15. The minimum atomic E-state index is -3.73. The maximum absolute atomic E-state index is 13.1. The average molecular weight is 471 g/mol. The molecule has 0 fully saturated rings. The van der Waals surface area contributed by atoms with Crippen LogP contribution in [0.4, 0.5) is 10.7 Å². The first-order chi connectivity index (χ1) is 15.2. The predicted molar refractivity (Wildman–Crippen MR) is 124 cm³/mol. The van der Waals surface area contributed by atoms with Crippen molar-refractivity contribution in [2.75, 3.05) is 23.3 Å². The van der Waals surface area contributed by atoms with Crippen molar-refractivity contribution in [3.63, 3.8) is 0 Å². The molecule has 166 valence electrons. The number of hydrogen-bond donors (Lipinski definition) is 1. The van der Waals surface area contributed by atoms with E-state index in [0.29, 0.717) is 29.2 Å². The van der Waals surface area contributed by atoms with Gasteiger partial charge in [-0.25, -0.2) is 13.2 Å². The number of hydrogen-bond acceptors (Lipinski definition) is 6. The van der Waals surface area contributed by atoms with Gasteiger partial charge in [-0.15, -0.1) is 11.3 Å². The van der Waals surface area contributed by atoms with Crippen molar-refractivity contribution in [2.24, 2.45) is 0 Å². The molecule has 0 saturated heterocycles. The number of nitrogens with one attached hydrogen (secondary N) is 1. The van der Waals surface area contributed by atoms with Gasteiger partial charge in [-0.1, -0.05) is 18.2 Å². The Hall–Kier alpha value is -3.17. The van der Waals surface area contributed by atoms with Crippen molar-refractivity contribution >= 4 is 43.9 Å². The zero-order chi connectivity index (χ0) is 23.0. The average Bonchev–Trinajstić information content (AvgIpc) is 3.34.